The van der Waals surface area contributed by atoms with Crippen molar-refractivity contribution in [3.63, 3.8) is 0 Å². The molecule has 19 heteroatoms. The Morgan fingerprint density at radius 3 is 0.829 bits per heavy atom. The zero-order chi connectivity index (χ0) is 27.5. The van der Waals surface area contributed by atoms with Crippen molar-refractivity contribution in [3.8, 4) is 0 Å². The van der Waals surface area contributed by atoms with Gasteiger partial charge < -0.3 is 91.3 Å². The maximum Gasteiger partial charge on any atom is 2.00 e. The molecule has 0 rings (SSSR count). The maximum absolute atomic E-state index is 10.2. The Morgan fingerprint density at radius 1 is 0.457 bits per heavy atom. The van der Waals surface area contributed by atoms with Crippen molar-refractivity contribution in [1.29, 1.82) is 0 Å². The fraction of sp³-hybridized carbons (Fsp3) is 0.875. The third-order valence-corrected chi connectivity index (χ3v) is 4.39. The molecule has 14 N–H and O–H groups in total. The largest absolute Gasteiger partial charge is 2.00 e. The van der Waals surface area contributed by atoms with Gasteiger partial charge in [-0.05, 0) is 0 Å². The van der Waals surface area contributed by atoms with Gasteiger partial charge in [0.15, 0.2) is 0 Å². The van der Waals surface area contributed by atoms with E-state index in [0.717, 1.165) is 0 Å². The first-order valence-electron chi connectivity index (χ1n) is 9.27. The van der Waals surface area contributed by atoms with Crippen molar-refractivity contribution >= 4 is 35.0 Å². The number of rotatable bonds is 14. The number of carboxylic acid groups (broad SMARTS) is 2. The summed E-state index contributed by atoms with van der Waals surface area (Å²) < 4.78 is 0. The Kier molecular flexibility index (Phi) is 20.3. The third-order valence-electron chi connectivity index (χ3n) is 4.39. The first kappa shape index (κ1) is 38.7. The molecule has 0 aliphatic carbocycles. The van der Waals surface area contributed by atoms with E-state index in [1.54, 1.807) is 0 Å². The number of aliphatic hydroxyl groups excluding tert-OH is 14. The molecule has 0 bridgehead atoms. The van der Waals surface area contributed by atoms with Crippen molar-refractivity contribution in [1.82, 2.24) is 0 Å². The van der Waals surface area contributed by atoms with E-state index in [9.17, 15) is 40.2 Å². The van der Waals surface area contributed by atoms with Crippen molar-refractivity contribution in [2.75, 3.05) is 13.2 Å². The van der Waals surface area contributed by atoms with Crippen LogP contribution < -0.4 is 10.2 Å². The van der Waals surface area contributed by atoms with Gasteiger partial charge in [-0.2, -0.15) is 0 Å². The number of aliphatic hydroxyl groups is 14. The molecule has 18 nitrogen and oxygen atoms in total. The predicted molar refractivity (Wildman–Crippen MR) is 102 cm³/mol. The number of carboxylic acids is 2. The molecule has 12 unspecified atom stereocenters. The summed E-state index contributed by atoms with van der Waals surface area (Å²) in [5.41, 5.74) is 0. The van der Waals surface area contributed by atoms with Crippen molar-refractivity contribution in [3.05, 3.63) is 0 Å². The van der Waals surface area contributed by atoms with Crippen molar-refractivity contribution in [2.45, 2.75) is 73.2 Å². The van der Waals surface area contributed by atoms with Gasteiger partial charge in [-0.1, -0.05) is 0 Å². The van der Waals surface area contributed by atoms with Gasteiger partial charge in [0.1, 0.15) is 73.2 Å². The zero-order valence-electron chi connectivity index (χ0n) is 17.9. The molecule has 0 aliphatic rings. The first-order chi connectivity index (χ1) is 15.5. The second kappa shape index (κ2) is 18.4. The van der Waals surface area contributed by atoms with Gasteiger partial charge in [-0.25, -0.2) is 0 Å². The molecule has 0 saturated heterocycles. The third kappa shape index (κ3) is 12.3. The SMILES string of the molecule is O=C([O-])C(O)C(O)C(O)C(O)C(O)C(O)CO.O=C([O-])C(O)C(O)C(O)C(O)C(O)C(O)CO.[Mg+2]. The summed E-state index contributed by atoms with van der Waals surface area (Å²) in [4.78, 5) is 20.3. The maximum atomic E-state index is 10.2. The number of hydrogen-bond donors (Lipinski definition) is 14. The van der Waals surface area contributed by atoms with Crippen molar-refractivity contribution in [2.24, 2.45) is 0 Å². The molecule has 0 saturated carbocycles. The molecular weight excluding hydrogens is 504 g/mol. The molecule has 0 aromatic rings. The number of carbonyl (C=O) groups is 2. The van der Waals surface area contributed by atoms with E-state index in [4.69, 9.17) is 51.1 Å². The Bertz CT molecular complexity index is 547. The second-order valence-corrected chi connectivity index (χ2v) is 6.95. The van der Waals surface area contributed by atoms with Gasteiger partial charge in [0, 0.05) is 0 Å². The molecule has 0 aromatic heterocycles. The van der Waals surface area contributed by atoms with Gasteiger partial charge in [0.25, 0.3) is 0 Å². The van der Waals surface area contributed by atoms with E-state index in [2.05, 4.69) is 0 Å². The monoisotopic (exact) mass is 534 g/mol. The summed E-state index contributed by atoms with van der Waals surface area (Å²) in [5, 5.41) is 146. The summed E-state index contributed by atoms with van der Waals surface area (Å²) in [6.45, 7) is -1.85. The van der Waals surface area contributed by atoms with Crippen LogP contribution in [0.15, 0.2) is 0 Å². The first-order valence-corrected chi connectivity index (χ1v) is 9.27. The number of hydrogen-bond acceptors (Lipinski definition) is 18. The molecule has 0 radical (unpaired) electrons. The smallest absolute Gasteiger partial charge is 0.547 e. The molecule has 35 heavy (non-hydrogen) atoms. The number of aliphatic carboxylic acids is 2. The minimum Gasteiger partial charge on any atom is -0.547 e. The molecule has 0 fully saturated rings. The Morgan fingerprint density at radius 2 is 0.657 bits per heavy atom. The van der Waals surface area contributed by atoms with E-state index in [-0.39, 0.29) is 23.1 Å². The Balaban J connectivity index is -0.000000569. The fourth-order valence-corrected chi connectivity index (χ4v) is 2.13. The molecule has 0 amide bonds. The minimum atomic E-state index is -2.47. The van der Waals surface area contributed by atoms with Gasteiger partial charge in [0.05, 0.1) is 25.2 Å². The topological polar surface area (TPSA) is 363 Å². The quantitative estimate of drug-likeness (QED) is 0.0918. The predicted octanol–water partition coefficient (Wildman–Crippen LogP) is -12.6. The zero-order valence-corrected chi connectivity index (χ0v) is 19.4. The van der Waals surface area contributed by atoms with Crippen LogP contribution in [0.25, 0.3) is 0 Å². The van der Waals surface area contributed by atoms with E-state index >= 15 is 0 Å². The van der Waals surface area contributed by atoms with Gasteiger partial charge in [-0.3, -0.25) is 0 Å². The summed E-state index contributed by atoms with van der Waals surface area (Å²) in [7, 11) is 0. The van der Waals surface area contributed by atoms with Crippen LogP contribution in [-0.4, -0.2) is 193 Å². The van der Waals surface area contributed by atoms with Crippen LogP contribution in [0.3, 0.4) is 0 Å². The normalized spacial score (nSPS) is 21.7. The second-order valence-electron chi connectivity index (χ2n) is 6.95. The standard InChI is InChI=1S/2C8H16O9.Mg/c2*9-1-2(10)3(11)4(12)5(13)6(14)7(15)8(16)17;/h2*2-7,9-15H,1H2,(H,16,17);/q;;+2/p-2. The van der Waals surface area contributed by atoms with Crippen molar-refractivity contribution < 1.29 is 91.3 Å². The van der Waals surface area contributed by atoms with Gasteiger partial charge in [0.2, 0.25) is 0 Å². The van der Waals surface area contributed by atoms with Gasteiger partial charge >= 0.3 is 23.1 Å². The molecule has 0 heterocycles. The number of carbonyl (C=O) groups excluding carboxylic acids is 2. The average molecular weight is 535 g/mol. The average Bonchev–Trinajstić information content (AvgIpc) is 2.82. The summed E-state index contributed by atoms with van der Waals surface area (Å²) >= 11 is 0. The van der Waals surface area contributed by atoms with Gasteiger partial charge in [-0.15, -0.1) is 0 Å². The molecule has 12 atom stereocenters. The Labute approximate surface area is 213 Å². The molecule has 0 aliphatic heterocycles. The van der Waals surface area contributed by atoms with E-state index < -0.39 is 98.4 Å². The van der Waals surface area contributed by atoms with Crippen LogP contribution in [0, 0.1) is 0 Å². The van der Waals surface area contributed by atoms with E-state index in [1.165, 1.54) is 0 Å². The molecular formula is C16H30MgO18. The fourth-order valence-electron chi connectivity index (χ4n) is 2.13. The van der Waals surface area contributed by atoms with Crippen LogP contribution >= 0.6 is 0 Å². The van der Waals surface area contributed by atoms with E-state index in [1.807, 2.05) is 0 Å². The molecule has 0 spiro atoms. The van der Waals surface area contributed by atoms with Crippen LogP contribution in [0.4, 0.5) is 0 Å². The Hall–Kier alpha value is -0.854. The van der Waals surface area contributed by atoms with Crippen LogP contribution in [0.1, 0.15) is 0 Å². The van der Waals surface area contributed by atoms with Crippen LogP contribution in [0.5, 0.6) is 0 Å². The molecule has 204 valence electrons. The molecule has 0 aromatic carbocycles. The minimum absolute atomic E-state index is 0. The summed E-state index contributed by atoms with van der Waals surface area (Å²) in [6.07, 6.45) is -26.1. The van der Waals surface area contributed by atoms with Crippen LogP contribution in [0.2, 0.25) is 0 Å². The van der Waals surface area contributed by atoms with E-state index in [0.29, 0.717) is 0 Å². The van der Waals surface area contributed by atoms with Crippen LogP contribution in [-0.2, 0) is 9.59 Å². The summed E-state index contributed by atoms with van der Waals surface area (Å²) in [6, 6.07) is 0. The summed E-state index contributed by atoms with van der Waals surface area (Å²) in [5.74, 6) is -4.16.